The van der Waals surface area contributed by atoms with E-state index in [9.17, 15) is 21.6 Å². The summed E-state index contributed by atoms with van der Waals surface area (Å²) in [6.45, 7) is 1.14. The van der Waals surface area contributed by atoms with Crippen molar-refractivity contribution < 1.29 is 21.6 Å². The minimum absolute atomic E-state index is 0.0337. The molecule has 0 aliphatic carbocycles. The third kappa shape index (κ3) is 3.21. The number of halogens is 3. The Morgan fingerprint density at radius 3 is 2.48 bits per heavy atom. The van der Waals surface area contributed by atoms with E-state index in [-0.39, 0.29) is 24.4 Å². The van der Waals surface area contributed by atoms with Gasteiger partial charge >= 0.3 is 6.18 Å². The van der Waals surface area contributed by atoms with Crippen molar-refractivity contribution >= 4 is 15.7 Å². The van der Waals surface area contributed by atoms with Crippen LogP contribution in [0.2, 0.25) is 0 Å². The van der Waals surface area contributed by atoms with Gasteiger partial charge in [0.1, 0.15) is 0 Å². The summed E-state index contributed by atoms with van der Waals surface area (Å²) in [4.78, 5) is 0.0337. The molecule has 116 valence electrons. The minimum Gasteiger partial charge on any atom is -0.399 e. The van der Waals surface area contributed by atoms with E-state index in [0.29, 0.717) is 11.3 Å². The number of rotatable bonds is 2. The highest BCUT2D eigenvalue weighted by Crippen LogP contribution is 2.32. The number of nitrogen functional groups attached to an aromatic ring is 1. The van der Waals surface area contributed by atoms with Crippen LogP contribution >= 0.6 is 0 Å². The maximum Gasteiger partial charge on any atom is 0.412 e. The Morgan fingerprint density at radius 1 is 1.29 bits per heavy atom. The van der Waals surface area contributed by atoms with Crippen LogP contribution in [0.1, 0.15) is 12.0 Å². The van der Waals surface area contributed by atoms with E-state index in [1.807, 2.05) is 0 Å². The van der Waals surface area contributed by atoms with Crippen LogP contribution in [-0.4, -0.2) is 32.0 Å². The average Bonchev–Trinajstić information content (AvgIpc) is 2.40. The second-order valence-corrected chi connectivity index (χ2v) is 6.77. The summed E-state index contributed by atoms with van der Waals surface area (Å²) in [5.41, 5.74) is 5.71. The van der Waals surface area contributed by atoms with Gasteiger partial charge in [-0.15, -0.1) is 0 Å². The third-order valence-electron chi connectivity index (χ3n) is 3.37. The largest absolute Gasteiger partial charge is 0.412 e. The normalized spacial score (nSPS) is 17.6. The molecule has 2 rings (SSSR count). The number of nitrogens with two attached hydrogens (primary N) is 1. The van der Waals surface area contributed by atoms with E-state index >= 15 is 0 Å². The Labute approximate surface area is 121 Å². The van der Waals surface area contributed by atoms with Gasteiger partial charge in [-0.2, -0.15) is 17.5 Å². The molecule has 0 aromatic heterocycles. The molecular formula is C13H15F3N2O2S. The fraction of sp³-hybridized carbons (Fsp3) is 0.385. The second kappa shape index (κ2) is 5.34. The predicted molar refractivity (Wildman–Crippen MR) is 73.1 cm³/mol. The van der Waals surface area contributed by atoms with Crippen molar-refractivity contribution in [2.75, 3.05) is 18.8 Å². The lowest BCUT2D eigenvalue weighted by Gasteiger charge is -2.27. The van der Waals surface area contributed by atoms with Crippen molar-refractivity contribution in [2.45, 2.75) is 24.4 Å². The molecule has 0 radical (unpaired) electrons. The summed E-state index contributed by atoms with van der Waals surface area (Å²) in [5.74, 6) is 0. The molecule has 1 aromatic carbocycles. The molecule has 0 spiro atoms. The number of anilines is 1. The Hall–Kier alpha value is -1.54. The lowest BCUT2D eigenvalue weighted by atomic mass is 10.1. The first kappa shape index (κ1) is 15.8. The number of sulfonamides is 1. The molecule has 1 aliphatic rings. The van der Waals surface area contributed by atoms with Gasteiger partial charge in [0.15, 0.2) is 0 Å². The molecule has 1 aromatic rings. The Bertz CT molecular complexity index is 681. The van der Waals surface area contributed by atoms with Gasteiger partial charge in [0.2, 0.25) is 10.0 Å². The van der Waals surface area contributed by atoms with E-state index in [2.05, 4.69) is 0 Å². The van der Waals surface area contributed by atoms with Crippen LogP contribution in [0.5, 0.6) is 0 Å². The molecule has 2 N–H and O–H groups in total. The van der Waals surface area contributed by atoms with Crippen LogP contribution in [0.4, 0.5) is 18.9 Å². The molecule has 0 bridgehead atoms. The van der Waals surface area contributed by atoms with Gasteiger partial charge in [-0.1, -0.05) is 12.1 Å². The number of benzene rings is 1. The van der Waals surface area contributed by atoms with Crippen molar-refractivity contribution in [3.05, 3.63) is 35.4 Å². The standard InChI is InChI=1S/C13H15F3N2O2S/c1-9-2-3-11(17)8-12(9)21(19,20)18-6-4-10(5-7-18)13(14,15)16/h2-4,8H,5-7,17H2,1H3. The number of hydrogen-bond donors (Lipinski definition) is 1. The van der Waals surface area contributed by atoms with Crippen LogP contribution in [0.15, 0.2) is 34.7 Å². The Balaban J connectivity index is 2.31. The molecule has 0 amide bonds. The van der Waals surface area contributed by atoms with Gasteiger partial charge in [0.25, 0.3) is 0 Å². The van der Waals surface area contributed by atoms with E-state index in [4.69, 9.17) is 5.73 Å². The van der Waals surface area contributed by atoms with Gasteiger partial charge in [-0.05, 0) is 31.0 Å². The Kier molecular flexibility index (Phi) is 4.03. The molecule has 1 heterocycles. The highest BCUT2D eigenvalue weighted by molar-refractivity contribution is 7.89. The monoisotopic (exact) mass is 320 g/mol. The van der Waals surface area contributed by atoms with Crippen LogP contribution in [0.25, 0.3) is 0 Å². The van der Waals surface area contributed by atoms with Gasteiger partial charge in [0, 0.05) is 24.4 Å². The molecule has 0 fully saturated rings. The third-order valence-corrected chi connectivity index (χ3v) is 5.37. The van der Waals surface area contributed by atoms with E-state index < -0.39 is 21.8 Å². The van der Waals surface area contributed by atoms with Crippen LogP contribution in [0, 0.1) is 6.92 Å². The molecule has 0 atom stereocenters. The average molecular weight is 320 g/mol. The summed E-state index contributed by atoms with van der Waals surface area (Å²) >= 11 is 0. The van der Waals surface area contributed by atoms with Crippen molar-refractivity contribution in [3.8, 4) is 0 Å². The number of nitrogens with zero attached hydrogens (tertiary/aromatic N) is 1. The molecule has 8 heteroatoms. The molecule has 1 aliphatic heterocycles. The maximum atomic E-state index is 12.6. The summed E-state index contributed by atoms with van der Waals surface area (Å²) < 4.78 is 63.6. The zero-order chi connectivity index (χ0) is 15.8. The number of alkyl halides is 3. The first-order chi connectivity index (χ1) is 9.62. The molecule has 0 unspecified atom stereocenters. The lowest BCUT2D eigenvalue weighted by Crippen LogP contribution is -2.37. The zero-order valence-electron chi connectivity index (χ0n) is 11.3. The van der Waals surface area contributed by atoms with Gasteiger partial charge < -0.3 is 5.73 Å². The number of aryl methyl sites for hydroxylation is 1. The first-order valence-electron chi connectivity index (χ1n) is 6.25. The second-order valence-electron chi connectivity index (χ2n) is 4.87. The molecule has 0 saturated carbocycles. The van der Waals surface area contributed by atoms with Gasteiger partial charge in [0.05, 0.1) is 4.90 Å². The summed E-state index contributed by atoms with van der Waals surface area (Å²) in [6, 6.07) is 4.48. The summed E-state index contributed by atoms with van der Waals surface area (Å²) in [7, 11) is -3.84. The van der Waals surface area contributed by atoms with E-state index in [1.54, 1.807) is 19.1 Å². The smallest absolute Gasteiger partial charge is 0.399 e. The van der Waals surface area contributed by atoms with Gasteiger partial charge in [-0.25, -0.2) is 8.42 Å². The van der Waals surface area contributed by atoms with Crippen molar-refractivity contribution in [3.63, 3.8) is 0 Å². The first-order valence-corrected chi connectivity index (χ1v) is 7.69. The highest BCUT2D eigenvalue weighted by Gasteiger charge is 2.37. The summed E-state index contributed by atoms with van der Waals surface area (Å²) in [5, 5.41) is 0. The molecule has 0 saturated heterocycles. The van der Waals surface area contributed by atoms with Crippen LogP contribution < -0.4 is 5.73 Å². The Morgan fingerprint density at radius 2 is 1.95 bits per heavy atom. The maximum absolute atomic E-state index is 12.6. The fourth-order valence-electron chi connectivity index (χ4n) is 2.16. The van der Waals surface area contributed by atoms with Crippen LogP contribution in [0.3, 0.4) is 0 Å². The zero-order valence-corrected chi connectivity index (χ0v) is 12.1. The highest BCUT2D eigenvalue weighted by atomic mass is 32.2. The quantitative estimate of drug-likeness (QED) is 0.672. The van der Waals surface area contributed by atoms with E-state index in [1.165, 1.54) is 6.07 Å². The SMILES string of the molecule is Cc1ccc(N)cc1S(=O)(=O)N1CC=C(C(F)(F)F)CC1. The predicted octanol–water partition coefficient (Wildman–Crippen LogP) is 2.46. The van der Waals surface area contributed by atoms with Crippen molar-refractivity contribution in [1.82, 2.24) is 4.31 Å². The van der Waals surface area contributed by atoms with Crippen LogP contribution in [-0.2, 0) is 10.0 Å². The lowest BCUT2D eigenvalue weighted by molar-refractivity contribution is -0.0953. The van der Waals surface area contributed by atoms with Gasteiger partial charge in [-0.3, -0.25) is 0 Å². The topological polar surface area (TPSA) is 63.4 Å². The number of hydrogen-bond acceptors (Lipinski definition) is 3. The van der Waals surface area contributed by atoms with Crippen molar-refractivity contribution in [1.29, 1.82) is 0 Å². The molecular weight excluding hydrogens is 305 g/mol. The molecule has 21 heavy (non-hydrogen) atoms. The summed E-state index contributed by atoms with van der Waals surface area (Å²) in [6.07, 6.45) is -3.82. The molecule has 4 nitrogen and oxygen atoms in total. The fourth-order valence-corrected chi connectivity index (χ4v) is 3.80. The van der Waals surface area contributed by atoms with E-state index in [0.717, 1.165) is 10.4 Å². The minimum atomic E-state index is -4.40. The van der Waals surface area contributed by atoms with Crippen molar-refractivity contribution in [2.24, 2.45) is 0 Å².